The second-order valence-electron chi connectivity index (χ2n) is 4.51. The molecule has 1 unspecified atom stereocenters. The van der Waals surface area contributed by atoms with E-state index in [0.29, 0.717) is 19.0 Å². The zero-order valence-corrected chi connectivity index (χ0v) is 13.1. The first-order valence-corrected chi connectivity index (χ1v) is 9.97. The highest BCUT2D eigenvalue weighted by atomic mass is 32.2. The van der Waals surface area contributed by atoms with Gasteiger partial charge in [-0.2, -0.15) is 0 Å². The van der Waals surface area contributed by atoms with Gasteiger partial charge in [0.1, 0.15) is 0 Å². The van der Waals surface area contributed by atoms with Gasteiger partial charge in [-0.05, 0) is 26.7 Å². The van der Waals surface area contributed by atoms with E-state index >= 15 is 0 Å². The van der Waals surface area contributed by atoms with Crippen LogP contribution in [-0.4, -0.2) is 34.6 Å². The fraction of sp³-hybridized carbons (Fsp3) is 1.00. The van der Waals surface area contributed by atoms with Crippen LogP contribution in [-0.2, 0) is 24.4 Å². The molecule has 0 heterocycles. The molecule has 0 bridgehead atoms. The van der Waals surface area contributed by atoms with E-state index in [9.17, 15) is 8.77 Å². The summed E-state index contributed by atoms with van der Waals surface area (Å²) in [5.74, 6) is 0.432. The Morgan fingerprint density at radius 1 is 1.11 bits per heavy atom. The quantitative estimate of drug-likeness (QED) is 0.645. The summed E-state index contributed by atoms with van der Waals surface area (Å²) in [4.78, 5) is 0. The molecule has 1 fully saturated rings. The van der Waals surface area contributed by atoms with Crippen molar-refractivity contribution in [3.05, 3.63) is 0 Å². The first kappa shape index (κ1) is 16.4. The molecule has 6 heteroatoms. The second kappa shape index (κ2) is 8.47. The van der Waals surface area contributed by atoms with Crippen LogP contribution in [0.5, 0.6) is 0 Å². The highest BCUT2D eigenvalue weighted by Crippen LogP contribution is 2.47. The maximum atomic E-state index is 12.2. The summed E-state index contributed by atoms with van der Waals surface area (Å²) in [6.07, 6.45) is 5.96. The molecular weight excluding hydrogens is 271 g/mol. The molecule has 0 aliphatic heterocycles. The predicted octanol–water partition coefficient (Wildman–Crippen LogP) is 3.33. The monoisotopic (exact) mass is 296 g/mol. The van der Waals surface area contributed by atoms with E-state index in [1.54, 1.807) is 13.8 Å². The van der Waals surface area contributed by atoms with E-state index < -0.39 is 18.4 Å². The van der Waals surface area contributed by atoms with Crippen molar-refractivity contribution in [3.63, 3.8) is 0 Å². The lowest BCUT2D eigenvalue weighted by atomic mass is 10.0. The Labute approximate surface area is 113 Å². The third-order valence-corrected chi connectivity index (χ3v) is 7.34. The third-order valence-electron chi connectivity index (χ3n) is 3.14. The lowest BCUT2D eigenvalue weighted by molar-refractivity contribution is 0.221. The SMILES string of the molecule is CCOP(=O)(CCS(=O)C1CCCCC1)OCC. The molecule has 0 spiro atoms. The summed E-state index contributed by atoms with van der Waals surface area (Å²) >= 11 is 0. The number of hydrogen-bond acceptors (Lipinski definition) is 4. The van der Waals surface area contributed by atoms with Crippen LogP contribution in [0.4, 0.5) is 0 Å². The number of rotatable bonds is 8. The summed E-state index contributed by atoms with van der Waals surface area (Å²) < 4.78 is 34.8. The molecule has 18 heavy (non-hydrogen) atoms. The Morgan fingerprint density at radius 3 is 2.17 bits per heavy atom. The normalized spacial score (nSPS) is 19.9. The Bertz CT molecular complexity index is 292. The average Bonchev–Trinajstić information content (AvgIpc) is 2.38. The van der Waals surface area contributed by atoms with Gasteiger partial charge in [-0.1, -0.05) is 19.3 Å². The third kappa shape index (κ3) is 5.52. The summed E-state index contributed by atoms with van der Waals surface area (Å²) in [6.45, 7) is 4.33. The summed E-state index contributed by atoms with van der Waals surface area (Å²) in [6, 6.07) is 0. The van der Waals surface area contributed by atoms with Crippen LogP contribution in [0.2, 0.25) is 0 Å². The first-order chi connectivity index (χ1) is 8.61. The van der Waals surface area contributed by atoms with E-state index in [1.807, 2.05) is 0 Å². The maximum Gasteiger partial charge on any atom is 0.331 e. The molecule has 1 atom stereocenters. The van der Waals surface area contributed by atoms with E-state index in [1.165, 1.54) is 19.3 Å². The standard InChI is InChI=1S/C12H25O4PS/c1-3-15-17(13,16-4-2)10-11-18(14)12-8-6-5-7-9-12/h12H,3-11H2,1-2H3. The van der Waals surface area contributed by atoms with E-state index in [0.717, 1.165) is 12.8 Å². The second-order valence-corrected chi connectivity index (χ2v) is 8.54. The Balaban J connectivity index is 2.40. The Hall–Kier alpha value is 0.300. The smallest absolute Gasteiger partial charge is 0.309 e. The van der Waals surface area contributed by atoms with Gasteiger partial charge in [-0.3, -0.25) is 8.77 Å². The van der Waals surface area contributed by atoms with E-state index in [2.05, 4.69) is 0 Å². The minimum absolute atomic E-state index is 0.276. The van der Waals surface area contributed by atoms with Crippen molar-refractivity contribution in [2.24, 2.45) is 0 Å². The van der Waals surface area contributed by atoms with Crippen molar-refractivity contribution in [2.75, 3.05) is 25.1 Å². The van der Waals surface area contributed by atoms with Crippen molar-refractivity contribution in [2.45, 2.75) is 51.2 Å². The summed E-state index contributed by atoms with van der Waals surface area (Å²) in [7, 11) is -3.91. The molecule has 0 amide bonds. The maximum absolute atomic E-state index is 12.2. The van der Waals surface area contributed by atoms with Crippen molar-refractivity contribution >= 4 is 18.4 Å². The zero-order chi connectivity index (χ0) is 13.4. The van der Waals surface area contributed by atoms with Crippen LogP contribution in [0.1, 0.15) is 46.0 Å². The predicted molar refractivity (Wildman–Crippen MR) is 75.6 cm³/mol. The minimum Gasteiger partial charge on any atom is -0.309 e. The lowest BCUT2D eigenvalue weighted by Crippen LogP contribution is -2.22. The fourth-order valence-electron chi connectivity index (χ4n) is 2.26. The molecule has 0 saturated heterocycles. The molecule has 0 aromatic heterocycles. The Morgan fingerprint density at radius 2 is 1.67 bits per heavy atom. The molecule has 1 aliphatic carbocycles. The highest BCUT2D eigenvalue weighted by Gasteiger charge is 2.27. The molecular formula is C12H25O4PS. The van der Waals surface area contributed by atoms with Crippen molar-refractivity contribution < 1.29 is 17.8 Å². The van der Waals surface area contributed by atoms with Gasteiger partial charge in [-0.15, -0.1) is 0 Å². The van der Waals surface area contributed by atoms with Gasteiger partial charge in [0.2, 0.25) is 0 Å². The molecule has 0 N–H and O–H groups in total. The largest absolute Gasteiger partial charge is 0.331 e. The van der Waals surface area contributed by atoms with Gasteiger partial charge < -0.3 is 9.05 Å². The molecule has 1 saturated carbocycles. The molecule has 4 nitrogen and oxygen atoms in total. The van der Waals surface area contributed by atoms with Crippen LogP contribution in [0.25, 0.3) is 0 Å². The minimum atomic E-state index is -3.02. The summed E-state index contributed by atoms with van der Waals surface area (Å²) in [5, 5.41) is 0.287. The van der Waals surface area contributed by atoms with Crippen LogP contribution in [0.15, 0.2) is 0 Å². The molecule has 1 aliphatic rings. The fourth-order valence-corrected chi connectivity index (χ4v) is 6.18. The average molecular weight is 296 g/mol. The molecule has 108 valence electrons. The lowest BCUT2D eigenvalue weighted by Gasteiger charge is -2.22. The van der Waals surface area contributed by atoms with Crippen molar-refractivity contribution in [3.8, 4) is 0 Å². The van der Waals surface area contributed by atoms with Crippen LogP contribution >= 0.6 is 7.60 Å². The van der Waals surface area contributed by atoms with Crippen LogP contribution in [0, 0.1) is 0 Å². The first-order valence-electron chi connectivity index (χ1n) is 6.86. The van der Waals surface area contributed by atoms with E-state index in [-0.39, 0.29) is 11.4 Å². The zero-order valence-electron chi connectivity index (χ0n) is 11.4. The molecule has 0 aromatic carbocycles. The molecule has 0 aromatic rings. The highest BCUT2D eigenvalue weighted by molar-refractivity contribution is 7.86. The van der Waals surface area contributed by atoms with Gasteiger partial charge in [0.25, 0.3) is 0 Å². The molecule has 1 rings (SSSR count). The van der Waals surface area contributed by atoms with Gasteiger partial charge in [0.15, 0.2) is 0 Å². The van der Waals surface area contributed by atoms with Gasteiger partial charge in [0.05, 0.1) is 19.4 Å². The topological polar surface area (TPSA) is 52.6 Å². The van der Waals surface area contributed by atoms with E-state index in [4.69, 9.17) is 9.05 Å². The van der Waals surface area contributed by atoms with Gasteiger partial charge in [-0.25, -0.2) is 0 Å². The summed E-state index contributed by atoms with van der Waals surface area (Å²) in [5.41, 5.74) is 0. The van der Waals surface area contributed by atoms with Crippen molar-refractivity contribution in [1.29, 1.82) is 0 Å². The Kier molecular flexibility index (Phi) is 7.69. The van der Waals surface area contributed by atoms with Crippen LogP contribution < -0.4 is 0 Å². The van der Waals surface area contributed by atoms with Crippen molar-refractivity contribution in [1.82, 2.24) is 0 Å². The molecule has 0 radical (unpaired) electrons. The number of hydrogen-bond donors (Lipinski definition) is 0. The van der Waals surface area contributed by atoms with Gasteiger partial charge >= 0.3 is 7.60 Å². The van der Waals surface area contributed by atoms with Gasteiger partial charge in [0, 0.05) is 21.8 Å². The van der Waals surface area contributed by atoms with Crippen LogP contribution in [0.3, 0.4) is 0 Å².